The van der Waals surface area contributed by atoms with Gasteiger partial charge in [-0.3, -0.25) is 4.98 Å². The fourth-order valence-corrected chi connectivity index (χ4v) is 2.62. The molecule has 1 heterocycles. The molecule has 0 spiro atoms. The molecule has 0 unspecified atom stereocenters. The first-order chi connectivity index (χ1) is 7.50. The van der Waals surface area contributed by atoms with Crippen molar-refractivity contribution in [2.75, 3.05) is 27.3 Å². The zero-order valence-electron chi connectivity index (χ0n) is 9.05. The number of halogens is 1. The average Bonchev–Trinajstić information content (AvgIpc) is 2.26. The van der Waals surface area contributed by atoms with Gasteiger partial charge in [0.15, 0.2) is 0 Å². The molecule has 0 aliphatic rings. The first-order valence-corrected chi connectivity index (χ1v) is 6.36. The molecule has 0 fully saturated rings. The van der Waals surface area contributed by atoms with Crippen LogP contribution in [0.15, 0.2) is 23.4 Å². The van der Waals surface area contributed by atoms with Gasteiger partial charge in [0.25, 0.3) is 0 Å². The molecule has 0 aliphatic heterocycles. The van der Waals surface area contributed by atoms with Crippen molar-refractivity contribution in [2.45, 2.75) is 4.90 Å². The van der Waals surface area contributed by atoms with Gasteiger partial charge < -0.3 is 4.74 Å². The smallest absolute Gasteiger partial charge is 0.245 e. The van der Waals surface area contributed by atoms with Crippen LogP contribution in [0.4, 0.5) is 0 Å². The van der Waals surface area contributed by atoms with E-state index in [9.17, 15) is 8.42 Å². The summed E-state index contributed by atoms with van der Waals surface area (Å²) in [7, 11) is -0.602. The highest BCUT2D eigenvalue weighted by Crippen LogP contribution is 2.21. The van der Waals surface area contributed by atoms with Gasteiger partial charge in [-0.25, -0.2) is 8.42 Å². The minimum absolute atomic E-state index is 0.00951. The van der Waals surface area contributed by atoms with Gasteiger partial charge in [-0.15, -0.1) is 0 Å². The Morgan fingerprint density at radius 3 is 2.81 bits per heavy atom. The molecule has 5 nitrogen and oxygen atoms in total. The summed E-state index contributed by atoms with van der Waals surface area (Å²) in [6.07, 6.45) is 2.68. The van der Waals surface area contributed by atoms with Crippen LogP contribution < -0.4 is 0 Å². The third-order valence-corrected chi connectivity index (χ3v) is 4.36. The van der Waals surface area contributed by atoms with Crippen LogP contribution in [0.5, 0.6) is 0 Å². The SMILES string of the molecule is COCCN(C)S(=O)(=O)c1cnccc1Cl. The molecule has 0 N–H and O–H groups in total. The maximum absolute atomic E-state index is 12.0. The highest BCUT2D eigenvalue weighted by molar-refractivity contribution is 7.89. The number of aromatic nitrogens is 1. The van der Waals surface area contributed by atoms with Crippen LogP contribution in [0.2, 0.25) is 5.02 Å². The predicted octanol–water partition coefficient (Wildman–Crippen LogP) is 1.00. The number of hydrogen-bond acceptors (Lipinski definition) is 4. The molecule has 0 amide bonds. The summed E-state index contributed by atoms with van der Waals surface area (Å²) < 4.78 is 30.0. The fourth-order valence-electron chi connectivity index (χ4n) is 1.06. The molecule has 16 heavy (non-hydrogen) atoms. The number of pyridine rings is 1. The average molecular weight is 265 g/mol. The number of hydrogen-bond donors (Lipinski definition) is 0. The molecule has 0 saturated carbocycles. The van der Waals surface area contributed by atoms with Gasteiger partial charge >= 0.3 is 0 Å². The molecule has 0 saturated heterocycles. The van der Waals surface area contributed by atoms with Gasteiger partial charge in [0, 0.05) is 33.1 Å². The Labute approximate surface area is 100 Å². The van der Waals surface area contributed by atoms with Crippen molar-refractivity contribution < 1.29 is 13.2 Å². The normalized spacial score (nSPS) is 12.0. The second kappa shape index (κ2) is 5.58. The van der Waals surface area contributed by atoms with E-state index >= 15 is 0 Å². The third kappa shape index (κ3) is 2.91. The molecule has 0 atom stereocenters. The molecule has 1 rings (SSSR count). The maximum Gasteiger partial charge on any atom is 0.245 e. The quantitative estimate of drug-likeness (QED) is 0.796. The van der Waals surface area contributed by atoms with Crippen molar-refractivity contribution in [3.8, 4) is 0 Å². The van der Waals surface area contributed by atoms with E-state index in [4.69, 9.17) is 16.3 Å². The summed E-state index contributed by atoms with van der Waals surface area (Å²) in [5.41, 5.74) is 0. The Bertz CT molecular complexity index is 450. The molecular weight excluding hydrogens is 252 g/mol. The van der Waals surface area contributed by atoms with E-state index in [-0.39, 0.29) is 16.5 Å². The van der Waals surface area contributed by atoms with Crippen LogP contribution in [-0.2, 0) is 14.8 Å². The molecule has 1 aromatic heterocycles. The van der Waals surface area contributed by atoms with Crippen LogP contribution >= 0.6 is 11.6 Å². The van der Waals surface area contributed by atoms with Crippen molar-refractivity contribution >= 4 is 21.6 Å². The lowest BCUT2D eigenvalue weighted by molar-refractivity contribution is 0.185. The van der Waals surface area contributed by atoms with E-state index < -0.39 is 10.0 Å². The zero-order valence-corrected chi connectivity index (χ0v) is 10.6. The molecule has 0 aromatic carbocycles. The van der Waals surface area contributed by atoms with Crippen molar-refractivity contribution in [3.63, 3.8) is 0 Å². The number of rotatable bonds is 5. The summed E-state index contributed by atoms with van der Waals surface area (Å²) in [6, 6.07) is 1.44. The number of ether oxygens (including phenoxy) is 1. The summed E-state index contributed by atoms with van der Waals surface area (Å²) in [5.74, 6) is 0. The second-order valence-electron chi connectivity index (χ2n) is 3.13. The highest BCUT2D eigenvalue weighted by Gasteiger charge is 2.23. The minimum atomic E-state index is -3.58. The minimum Gasteiger partial charge on any atom is -0.383 e. The first-order valence-electron chi connectivity index (χ1n) is 4.55. The number of methoxy groups -OCH3 is 1. The first kappa shape index (κ1) is 13.4. The number of sulfonamides is 1. The van der Waals surface area contributed by atoms with E-state index in [1.54, 1.807) is 0 Å². The second-order valence-corrected chi connectivity index (χ2v) is 5.55. The molecule has 0 aliphatic carbocycles. The van der Waals surface area contributed by atoms with Crippen molar-refractivity contribution in [1.82, 2.24) is 9.29 Å². The molecule has 0 bridgehead atoms. The molecule has 1 aromatic rings. The Balaban J connectivity index is 2.98. The lowest BCUT2D eigenvalue weighted by Gasteiger charge is -2.16. The van der Waals surface area contributed by atoms with Crippen molar-refractivity contribution in [3.05, 3.63) is 23.5 Å². The van der Waals surface area contributed by atoms with Gasteiger partial charge in [-0.1, -0.05) is 11.6 Å². The summed E-state index contributed by atoms with van der Waals surface area (Å²) >= 11 is 5.81. The molecule has 7 heteroatoms. The summed E-state index contributed by atoms with van der Waals surface area (Å²) in [6.45, 7) is 0.595. The van der Waals surface area contributed by atoms with E-state index in [0.717, 1.165) is 0 Å². The zero-order chi connectivity index (χ0) is 12.2. The largest absolute Gasteiger partial charge is 0.383 e. The van der Waals surface area contributed by atoms with E-state index in [1.165, 1.54) is 36.9 Å². The maximum atomic E-state index is 12.0. The van der Waals surface area contributed by atoms with E-state index in [2.05, 4.69) is 4.98 Å². The topological polar surface area (TPSA) is 59.5 Å². The Hall–Kier alpha value is -0.690. The van der Waals surface area contributed by atoms with Crippen LogP contribution in [0.25, 0.3) is 0 Å². The fraction of sp³-hybridized carbons (Fsp3) is 0.444. The van der Waals surface area contributed by atoms with Gasteiger partial charge in [0.1, 0.15) is 4.90 Å². The monoisotopic (exact) mass is 264 g/mol. The third-order valence-electron chi connectivity index (χ3n) is 2.03. The molecular formula is C9H13ClN2O3S. The molecule has 90 valence electrons. The van der Waals surface area contributed by atoms with Gasteiger partial charge in [0.2, 0.25) is 10.0 Å². The van der Waals surface area contributed by atoms with Gasteiger partial charge in [-0.05, 0) is 6.07 Å². The van der Waals surface area contributed by atoms with E-state index in [1.807, 2.05) is 0 Å². The molecule has 0 radical (unpaired) electrons. The lowest BCUT2D eigenvalue weighted by atomic mass is 10.5. The Morgan fingerprint density at radius 1 is 1.56 bits per heavy atom. The summed E-state index contributed by atoms with van der Waals surface area (Å²) in [5, 5.41) is 0.166. The highest BCUT2D eigenvalue weighted by atomic mass is 35.5. The van der Waals surface area contributed by atoms with Crippen molar-refractivity contribution in [2.24, 2.45) is 0 Å². The number of nitrogens with zero attached hydrogens (tertiary/aromatic N) is 2. The van der Waals surface area contributed by atoms with Crippen LogP contribution in [0.1, 0.15) is 0 Å². The van der Waals surface area contributed by atoms with Crippen molar-refractivity contribution in [1.29, 1.82) is 0 Å². The summed E-state index contributed by atoms with van der Waals surface area (Å²) in [4.78, 5) is 3.76. The standard InChI is InChI=1S/C9H13ClN2O3S/c1-12(5-6-15-2)16(13,14)9-7-11-4-3-8(9)10/h3-4,7H,5-6H2,1-2H3. The lowest BCUT2D eigenvalue weighted by Crippen LogP contribution is -2.30. The van der Waals surface area contributed by atoms with Crippen LogP contribution in [0, 0.1) is 0 Å². The Morgan fingerprint density at radius 2 is 2.25 bits per heavy atom. The Kier molecular flexibility index (Phi) is 4.67. The number of likely N-dealkylation sites (N-methyl/N-ethyl adjacent to an activating group) is 1. The predicted molar refractivity (Wildman–Crippen MR) is 60.9 cm³/mol. The van der Waals surface area contributed by atoms with Crippen LogP contribution in [-0.4, -0.2) is 45.0 Å². The van der Waals surface area contributed by atoms with E-state index in [0.29, 0.717) is 6.61 Å². The van der Waals surface area contributed by atoms with Gasteiger partial charge in [0.05, 0.1) is 11.6 Å². The van der Waals surface area contributed by atoms with Crippen LogP contribution in [0.3, 0.4) is 0 Å². The van der Waals surface area contributed by atoms with Gasteiger partial charge in [-0.2, -0.15) is 4.31 Å².